The Hall–Kier alpha value is -2.70. The van der Waals surface area contributed by atoms with Crippen molar-refractivity contribution >= 4 is 17.2 Å². The lowest BCUT2D eigenvalue weighted by Gasteiger charge is -2.21. The molecule has 6 heteroatoms. The molecule has 0 aliphatic heterocycles. The Balaban J connectivity index is 1.67. The number of benzene rings is 2. The first-order valence-corrected chi connectivity index (χ1v) is 10.5. The van der Waals surface area contributed by atoms with Gasteiger partial charge in [0.25, 0.3) is 5.91 Å². The number of likely N-dealkylation sites (N-methyl/N-ethyl adjacent to an activating group) is 1. The molecule has 152 valence electrons. The number of amides is 1. The maximum Gasteiger partial charge on any atom is 0.275 e. The van der Waals surface area contributed by atoms with Crippen LogP contribution in [-0.4, -0.2) is 26.1 Å². The third-order valence-corrected chi connectivity index (χ3v) is 5.78. The van der Waals surface area contributed by atoms with E-state index >= 15 is 0 Å². The van der Waals surface area contributed by atoms with E-state index in [1.807, 2.05) is 60.8 Å². The van der Waals surface area contributed by atoms with Crippen LogP contribution in [0.1, 0.15) is 29.0 Å². The highest BCUT2D eigenvalue weighted by Gasteiger charge is 2.21. The van der Waals surface area contributed by atoms with Crippen molar-refractivity contribution in [1.82, 2.24) is 5.32 Å². The summed E-state index contributed by atoms with van der Waals surface area (Å²) in [5.41, 5.74) is 1.89. The zero-order valence-electron chi connectivity index (χ0n) is 16.7. The van der Waals surface area contributed by atoms with E-state index in [1.54, 1.807) is 17.4 Å². The summed E-state index contributed by atoms with van der Waals surface area (Å²) in [6, 6.07) is 18.8. The van der Waals surface area contributed by atoms with Crippen LogP contribution in [-0.2, 0) is 11.3 Å². The molecule has 3 rings (SSSR count). The number of quaternary nitrogens is 1. The van der Waals surface area contributed by atoms with Crippen LogP contribution in [0.5, 0.6) is 5.75 Å². The summed E-state index contributed by atoms with van der Waals surface area (Å²) in [5, 5.41) is 5.19. The molecule has 0 aliphatic rings. The molecule has 3 aromatic rings. The van der Waals surface area contributed by atoms with E-state index in [0.29, 0.717) is 13.1 Å². The molecule has 1 heterocycles. The van der Waals surface area contributed by atoms with Gasteiger partial charge >= 0.3 is 0 Å². The summed E-state index contributed by atoms with van der Waals surface area (Å²) in [7, 11) is 1.45. The van der Waals surface area contributed by atoms with E-state index in [0.717, 1.165) is 27.4 Å². The number of thiophene rings is 1. The quantitative estimate of drug-likeness (QED) is 0.566. The maximum atomic E-state index is 14.0. The Morgan fingerprint density at radius 2 is 1.97 bits per heavy atom. The van der Waals surface area contributed by atoms with Crippen LogP contribution in [0.2, 0.25) is 0 Å². The first-order valence-electron chi connectivity index (χ1n) is 9.64. The van der Waals surface area contributed by atoms with Gasteiger partial charge in [-0.2, -0.15) is 0 Å². The fourth-order valence-corrected chi connectivity index (χ4v) is 4.08. The molecule has 0 aliphatic carbocycles. The van der Waals surface area contributed by atoms with Gasteiger partial charge < -0.3 is 15.0 Å². The number of methoxy groups -OCH3 is 1. The average molecular weight is 414 g/mol. The standard InChI is InChI=1S/C23H25FN2O2S/c1-3-26(15-17-11-12-20(28-2)19(24)14-17)16-22(27)25-23(21-10-7-13-29-21)18-8-5-4-6-9-18/h4-14,23H,3,15-16H2,1-2H3,(H,25,27)/p+1/t23-/m1/s1. The van der Waals surface area contributed by atoms with Crippen LogP contribution < -0.4 is 15.0 Å². The molecule has 0 spiro atoms. The third-order valence-electron chi connectivity index (χ3n) is 4.85. The summed E-state index contributed by atoms with van der Waals surface area (Å²) in [4.78, 5) is 15.0. The number of carbonyl (C=O) groups excluding carboxylic acids is 1. The van der Waals surface area contributed by atoms with Crippen molar-refractivity contribution in [2.75, 3.05) is 20.2 Å². The minimum absolute atomic E-state index is 0.0295. The number of carbonyl (C=O) groups is 1. The monoisotopic (exact) mass is 413 g/mol. The fraction of sp³-hybridized carbons (Fsp3) is 0.261. The van der Waals surface area contributed by atoms with Gasteiger partial charge in [-0.15, -0.1) is 11.3 Å². The Kier molecular flexibility index (Phi) is 7.38. The minimum atomic E-state index is -0.383. The molecule has 2 aromatic carbocycles. The van der Waals surface area contributed by atoms with Crippen molar-refractivity contribution < 1.29 is 18.8 Å². The highest BCUT2D eigenvalue weighted by Crippen LogP contribution is 2.25. The second kappa shape index (κ2) is 10.2. The number of nitrogens with one attached hydrogen (secondary N) is 2. The molecule has 0 saturated heterocycles. The number of hydrogen-bond donors (Lipinski definition) is 2. The first kappa shape index (κ1) is 21.0. The van der Waals surface area contributed by atoms with Crippen molar-refractivity contribution in [3.63, 3.8) is 0 Å². The molecule has 0 radical (unpaired) electrons. The van der Waals surface area contributed by atoms with E-state index in [2.05, 4.69) is 5.32 Å². The van der Waals surface area contributed by atoms with Crippen molar-refractivity contribution in [2.24, 2.45) is 0 Å². The van der Waals surface area contributed by atoms with E-state index in [4.69, 9.17) is 4.74 Å². The van der Waals surface area contributed by atoms with Crippen LogP contribution in [0.15, 0.2) is 66.0 Å². The van der Waals surface area contributed by atoms with Gasteiger partial charge in [-0.3, -0.25) is 4.79 Å². The van der Waals surface area contributed by atoms with Gasteiger partial charge in [0.2, 0.25) is 0 Å². The van der Waals surface area contributed by atoms with Crippen molar-refractivity contribution in [3.8, 4) is 5.75 Å². The van der Waals surface area contributed by atoms with Gasteiger partial charge in [0.05, 0.1) is 19.7 Å². The Bertz CT molecular complexity index is 916. The largest absolute Gasteiger partial charge is 0.494 e. The zero-order chi connectivity index (χ0) is 20.6. The van der Waals surface area contributed by atoms with E-state index in [-0.39, 0.29) is 23.5 Å². The second-order valence-corrected chi connectivity index (χ2v) is 7.83. The number of ether oxygens (including phenoxy) is 1. The molecule has 2 atom stereocenters. The molecule has 1 amide bonds. The smallest absolute Gasteiger partial charge is 0.275 e. The van der Waals surface area contributed by atoms with Crippen molar-refractivity contribution in [2.45, 2.75) is 19.5 Å². The summed E-state index contributed by atoms with van der Waals surface area (Å²) in [6.45, 7) is 3.67. The Labute approximate surface area is 174 Å². The lowest BCUT2D eigenvalue weighted by Crippen LogP contribution is -3.11. The van der Waals surface area contributed by atoms with E-state index in [1.165, 1.54) is 13.2 Å². The van der Waals surface area contributed by atoms with Gasteiger partial charge in [-0.05, 0) is 42.1 Å². The van der Waals surface area contributed by atoms with Gasteiger partial charge in [-0.25, -0.2) is 4.39 Å². The van der Waals surface area contributed by atoms with Crippen LogP contribution in [0.4, 0.5) is 4.39 Å². The molecule has 2 N–H and O–H groups in total. The van der Waals surface area contributed by atoms with Crippen molar-refractivity contribution in [1.29, 1.82) is 0 Å². The topological polar surface area (TPSA) is 42.8 Å². The number of rotatable bonds is 9. The highest BCUT2D eigenvalue weighted by atomic mass is 32.1. The molecule has 29 heavy (non-hydrogen) atoms. The summed E-state index contributed by atoms with van der Waals surface area (Å²) in [6.07, 6.45) is 0. The third kappa shape index (κ3) is 5.65. The summed E-state index contributed by atoms with van der Waals surface area (Å²) in [5.74, 6) is -0.184. The summed E-state index contributed by atoms with van der Waals surface area (Å²) < 4.78 is 18.9. The molecular formula is C23H26FN2O2S+. The predicted octanol–water partition coefficient (Wildman–Crippen LogP) is 3.21. The highest BCUT2D eigenvalue weighted by molar-refractivity contribution is 7.10. The molecule has 0 fully saturated rings. The fourth-order valence-electron chi connectivity index (χ4n) is 3.28. The van der Waals surface area contributed by atoms with Crippen LogP contribution in [0, 0.1) is 5.82 Å². The molecule has 1 unspecified atom stereocenters. The molecule has 0 bridgehead atoms. The van der Waals surface area contributed by atoms with Crippen LogP contribution in [0.3, 0.4) is 0 Å². The van der Waals surface area contributed by atoms with Gasteiger partial charge in [0.1, 0.15) is 6.54 Å². The molecule has 4 nitrogen and oxygen atoms in total. The van der Waals surface area contributed by atoms with E-state index in [9.17, 15) is 9.18 Å². The SMILES string of the molecule is CC[NH+](CC(=O)N[C@H](c1ccccc1)c1cccs1)Cc1ccc(OC)c(F)c1. The minimum Gasteiger partial charge on any atom is -0.494 e. The zero-order valence-corrected chi connectivity index (χ0v) is 17.5. The molecule has 1 aromatic heterocycles. The van der Waals surface area contributed by atoms with E-state index < -0.39 is 0 Å². The second-order valence-electron chi connectivity index (χ2n) is 6.85. The molecular weight excluding hydrogens is 387 g/mol. The average Bonchev–Trinajstić information content (AvgIpc) is 3.27. The van der Waals surface area contributed by atoms with Crippen molar-refractivity contribution in [3.05, 3.63) is 87.9 Å². The normalized spacial score (nSPS) is 12.9. The number of halogens is 1. The first-order chi connectivity index (χ1) is 14.1. The maximum absolute atomic E-state index is 14.0. The summed E-state index contributed by atoms with van der Waals surface area (Å²) >= 11 is 1.63. The predicted molar refractivity (Wildman–Crippen MR) is 114 cm³/mol. The van der Waals surface area contributed by atoms with Gasteiger partial charge in [-0.1, -0.05) is 36.4 Å². The lowest BCUT2D eigenvalue weighted by atomic mass is 10.1. The Morgan fingerprint density at radius 1 is 1.17 bits per heavy atom. The molecule has 0 saturated carbocycles. The lowest BCUT2D eigenvalue weighted by molar-refractivity contribution is -0.904. The van der Waals surface area contributed by atoms with Gasteiger partial charge in [0, 0.05) is 10.4 Å². The van der Waals surface area contributed by atoms with Gasteiger partial charge in [0.15, 0.2) is 18.1 Å². The van der Waals surface area contributed by atoms with Crippen LogP contribution in [0.25, 0.3) is 0 Å². The number of hydrogen-bond acceptors (Lipinski definition) is 3. The van der Waals surface area contributed by atoms with Crippen LogP contribution >= 0.6 is 11.3 Å². The Morgan fingerprint density at radius 3 is 2.59 bits per heavy atom.